The van der Waals surface area contributed by atoms with Crippen LogP contribution in [0.4, 0.5) is 10.1 Å². The molecular formula is C21H26FN3O3S. The van der Waals surface area contributed by atoms with Crippen LogP contribution in [0, 0.1) is 11.7 Å². The van der Waals surface area contributed by atoms with Gasteiger partial charge < -0.3 is 10.2 Å². The van der Waals surface area contributed by atoms with E-state index in [2.05, 4.69) is 5.32 Å². The molecule has 1 N–H and O–H groups in total. The quantitative estimate of drug-likeness (QED) is 0.748. The molecule has 6 nitrogen and oxygen atoms in total. The Balaban J connectivity index is 1.50. The third-order valence-electron chi connectivity index (χ3n) is 5.05. The van der Waals surface area contributed by atoms with Crippen LogP contribution >= 0.6 is 0 Å². The van der Waals surface area contributed by atoms with E-state index < -0.39 is 15.8 Å². The van der Waals surface area contributed by atoms with Gasteiger partial charge in [0, 0.05) is 38.9 Å². The maximum absolute atomic E-state index is 13.0. The number of sulfonamides is 1. The number of anilines is 1. The molecule has 1 atom stereocenters. The number of carbonyl (C=O) groups excluding carboxylic acids is 1. The number of hydrogen-bond donors (Lipinski definition) is 1. The van der Waals surface area contributed by atoms with Crippen LogP contribution in [0.3, 0.4) is 0 Å². The van der Waals surface area contributed by atoms with E-state index in [-0.39, 0.29) is 35.9 Å². The van der Waals surface area contributed by atoms with Crippen LogP contribution in [-0.4, -0.2) is 51.9 Å². The Morgan fingerprint density at radius 2 is 1.72 bits per heavy atom. The minimum atomic E-state index is -3.69. The van der Waals surface area contributed by atoms with E-state index in [0.29, 0.717) is 6.42 Å². The second-order valence-corrected chi connectivity index (χ2v) is 9.59. The lowest BCUT2D eigenvalue weighted by molar-refractivity contribution is -0.128. The second-order valence-electron chi connectivity index (χ2n) is 7.65. The van der Waals surface area contributed by atoms with Crippen molar-refractivity contribution in [2.45, 2.75) is 24.3 Å². The van der Waals surface area contributed by atoms with E-state index in [1.54, 1.807) is 0 Å². The topological polar surface area (TPSA) is 69.7 Å². The summed E-state index contributed by atoms with van der Waals surface area (Å²) >= 11 is 0. The largest absolute Gasteiger partial charge is 0.378 e. The van der Waals surface area contributed by atoms with Gasteiger partial charge >= 0.3 is 0 Å². The number of nitrogens with one attached hydrogen (secondary N) is 1. The van der Waals surface area contributed by atoms with Crippen LogP contribution in [0.25, 0.3) is 0 Å². The van der Waals surface area contributed by atoms with Crippen LogP contribution in [-0.2, 0) is 21.2 Å². The van der Waals surface area contributed by atoms with Crippen molar-refractivity contribution in [1.29, 1.82) is 0 Å². The molecular weight excluding hydrogens is 393 g/mol. The van der Waals surface area contributed by atoms with Gasteiger partial charge in [-0.3, -0.25) is 4.79 Å². The van der Waals surface area contributed by atoms with E-state index in [1.807, 2.05) is 50.2 Å². The minimum Gasteiger partial charge on any atom is -0.378 e. The zero-order valence-corrected chi connectivity index (χ0v) is 17.6. The molecule has 0 spiro atoms. The van der Waals surface area contributed by atoms with Gasteiger partial charge in [-0.15, -0.1) is 0 Å². The van der Waals surface area contributed by atoms with Crippen molar-refractivity contribution >= 4 is 21.6 Å². The van der Waals surface area contributed by atoms with E-state index in [1.165, 1.54) is 16.4 Å². The van der Waals surface area contributed by atoms with Gasteiger partial charge in [0.2, 0.25) is 15.9 Å². The zero-order chi connectivity index (χ0) is 21.2. The number of hydrogen-bond acceptors (Lipinski definition) is 4. The lowest BCUT2D eigenvalue weighted by Crippen LogP contribution is -2.56. The summed E-state index contributed by atoms with van der Waals surface area (Å²) in [5.41, 5.74) is 2.24. The van der Waals surface area contributed by atoms with Crippen LogP contribution < -0.4 is 10.2 Å². The average molecular weight is 420 g/mol. The smallest absolute Gasteiger partial charge is 0.243 e. The van der Waals surface area contributed by atoms with Crippen LogP contribution in [0.5, 0.6) is 0 Å². The van der Waals surface area contributed by atoms with Crippen molar-refractivity contribution in [1.82, 2.24) is 9.62 Å². The van der Waals surface area contributed by atoms with Crippen molar-refractivity contribution in [3.8, 4) is 0 Å². The maximum Gasteiger partial charge on any atom is 0.243 e. The lowest BCUT2D eigenvalue weighted by atomic mass is 10.0. The van der Waals surface area contributed by atoms with Gasteiger partial charge in [0.15, 0.2) is 0 Å². The highest BCUT2D eigenvalue weighted by molar-refractivity contribution is 7.89. The lowest BCUT2D eigenvalue weighted by Gasteiger charge is -2.37. The first-order chi connectivity index (χ1) is 13.7. The minimum absolute atomic E-state index is 0.0345. The molecule has 156 valence electrons. The van der Waals surface area contributed by atoms with Crippen LogP contribution in [0.15, 0.2) is 53.4 Å². The molecule has 8 heteroatoms. The Bertz CT molecular complexity index is 954. The standard InChI is InChI=1S/C21H26FN3O3S/c1-15(12-16-4-8-19(9-5-16)24(2)3)23-21(26)17-13-25(14-17)29(27,28)20-10-6-18(22)7-11-20/h4-11,15,17H,12-14H2,1-3H3,(H,23,26). The predicted octanol–water partition coefficient (Wildman–Crippen LogP) is 2.26. The first-order valence-corrected chi connectivity index (χ1v) is 10.9. The van der Waals surface area contributed by atoms with Crippen LogP contribution in [0.2, 0.25) is 0 Å². The molecule has 1 saturated heterocycles. The van der Waals surface area contributed by atoms with Crippen LogP contribution in [0.1, 0.15) is 12.5 Å². The fourth-order valence-corrected chi connectivity index (χ4v) is 4.78. The van der Waals surface area contributed by atoms with E-state index in [9.17, 15) is 17.6 Å². The number of rotatable bonds is 7. The summed E-state index contributed by atoms with van der Waals surface area (Å²) in [7, 11) is 0.273. The molecule has 0 saturated carbocycles. The van der Waals surface area contributed by atoms with Crippen molar-refractivity contribution in [2.24, 2.45) is 5.92 Å². The molecule has 1 heterocycles. The van der Waals surface area contributed by atoms with Crippen molar-refractivity contribution in [3.05, 3.63) is 59.9 Å². The molecule has 1 amide bonds. The van der Waals surface area contributed by atoms with E-state index in [4.69, 9.17) is 0 Å². The van der Waals surface area contributed by atoms with Gasteiger partial charge in [0.05, 0.1) is 10.8 Å². The third-order valence-corrected chi connectivity index (χ3v) is 6.90. The zero-order valence-electron chi connectivity index (χ0n) is 16.8. The fourth-order valence-electron chi connectivity index (χ4n) is 3.25. The molecule has 1 aliphatic heterocycles. The Hall–Kier alpha value is -2.45. The van der Waals surface area contributed by atoms with Gasteiger partial charge in [-0.2, -0.15) is 4.31 Å². The fraction of sp³-hybridized carbons (Fsp3) is 0.381. The summed E-state index contributed by atoms with van der Waals surface area (Å²) in [5.74, 6) is -1.01. The molecule has 3 rings (SSSR count). The molecule has 1 aliphatic rings. The predicted molar refractivity (Wildman–Crippen MR) is 111 cm³/mol. The van der Waals surface area contributed by atoms with Gasteiger partial charge in [-0.05, 0) is 55.3 Å². The maximum atomic E-state index is 13.0. The summed E-state index contributed by atoms with van der Waals surface area (Å²) in [6, 6.07) is 12.8. The first kappa shape index (κ1) is 21.3. The highest BCUT2D eigenvalue weighted by Gasteiger charge is 2.40. The Morgan fingerprint density at radius 1 is 1.14 bits per heavy atom. The molecule has 1 unspecified atom stereocenters. The molecule has 0 radical (unpaired) electrons. The number of benzene rings is 2. The van der Waals surface area contributed by atoms with E-state index >= 15 is 0 Å². The van der Waals surface area contributed by atoms with Gasteiger partial charge in [-0.1, -0.05) is 12.1 Å². The summed E-state index contributed by atoms with van der Waals surface area (Å²) in [6.07, 6.45) is 0.698. The van der Waals surface area contributed by atoms with Gasteiger partial charge in [0.1, 0.15) is 5.82 Å². The van der Waals surface area contributed by atoms with E-state index in [0.717, 1.165) is 23.4 Å². The summed E-state index contributed by atoms with van der Waals surface area (Å²) in [6.45, 7) is 2.20. The highest BCUT2D eigenvalue weighted by atomic mass is 32.2. The molecule has 1 fully saturated rings. The van der Waals surface area contributed by atoms with Crippen molar-refractivity contribution in [3.63, 3.8) is 0 Å². The summed E-state index contributed by atoms with van der Waals surface area (Å²) in [4.78, 5) is 14.5. The second kappa shape index (κ2) is 8.51. The Labute approximate surface area is 171 Å². The highest BCUT2D eigenvalue weighted by Crippen LogP contribution is 2.25. The number of amides is 1. The Kier molecular flexibility index (Phi) is 6.24. The number of nitrogens with zero attached hydrogens (tertiary/aromatic N) is 2. The molecule has 2 aromatic rings. The monoisotopic (exact) mass is 419 g/mol. The summed E-state index contributed by atoms with van der Waals surface area (Å²) in [5, 5.41) is 2.97. The number of halogens is 1. The van der Waals surface area contributed by atoms with Crippen molar-refractivity contribution < 1.29 is 17.6 Å². The first-order valence-electron chi connectivity index (χ1n) is 9.49. The molecule has 2 aromatic carbocycles. The number of carbonyl (C=O) groups is 1. The molecule has 0 aromatic heterocycles. The molecule has 29 heavy (non-hydrogen) atoms. The SMILES string of the molecule is CC(Cc1ccc(N(C)C)cc1)NC(=O)C1CN(S(=O)(=O)c2ccc(F)cc2)C1. The Morgan fingerprint density at radius 3 is 2.28 bits per heavy atom. The van der Waals surface area contributed by atoms with Crippen molar-refractivity contribution in [2.75, 3.05) is 32.1 Å². The normalized spacial score (nSPS) is 16.1. The molecule has 0 bridgehead atoms. The average Bonchev–Trinajstić information content (AvgIpc) is 2.60. The van der Waals surface area contributed by atoms with Gasteiger partial charge in [-0.25, -0.2) is 12.8 Å². The molecule has 0 aliphatic carbocycles. The third kappa shape index (κ3) is 4.94. The summed E-state index contributed by atoms with van der Waals surface area (Å²) < 4.78 is 39.3. The van der Waals surface area contributed by atoms with Gasteiger partial charge in [0.25, 0.3) is 0 Å².